The largest absolute Gasteiger partial charge is 0.508 e. The Morgan fingerprint density at radius 3 is 2.60 bits per heavy atom. The van der Waals surface area contributed by atoms with Gasteiger partial charge in [0.2, 0.25) is 0 Å². The monoisotopic (exact) mass is 208 g/mol. The van der Waals surface area contributed by atoms with Crippen molar-refractivity contribution < 1.29 is 5.11 Å². The van der Waals surface area contributed by atoms with Crippen LogP contribution in [-0.4, -0.2) is 24.2 Å². The van der Waals surface area contributed by atoms with Gasteiger partial charge in [-0.1, -0.05) is 12.1 Å². The van der Waals surface area contributed by atoms with Crippen LogP contribution in [0.1, 0.15) is 18.9 Å². The van der Waals surface area contributed by atoms with Gasteiger partial charge in [-0.3, -0.25) is 0 Å². The molecule has 0 radical (unpaired) electrons. The van der Waals surface area contributed by atoms with Crippen LogP contribution < -0.4 is 11.1 Å². The fraction of sp³-hybridized carbons (Fsp3) is 0.500. The second kappa shape index (κ2) is 6.43. The third kappa shape index (κ3) is 4.81. The first kappa shape index (κ1) is 12.0. The van der Waals surface area contributed by atoms with E-state index >= 15 is 0 Å². The molecule has 0 aliphatic heterocycles. The van der Waals surface area contributed by atoms with Crippen molar-refractivity contribution in [2.75, 3.05) is 13.1 Å². The number of rotatable bonds is 6. The van der Waals surface area contributed by atoms with Crippen LogP contribution in [0.5, 0.6) is 5.75 Å². The third-order valence-electron chi connectivity index (χ3n) is 2.44. The highest BCUT2D eigenvalue weighted by Crippen LogP contribution is 2.11. The predicted molar refractivity (Wildman–Crippen MR) is 62.9 cm³/mol. The highest BCUT2D eigenvalue weighted by atomic mass is 16.3. The van der Waals surface area contributed by atoms with E-state index in [1.807, 2.05) is 12.1 Å². The maximum atomic E-state index is 9.12. The highest BCUT2D eigenvalue weighted by molar-refractivity contribution is 5.25. The summed E-state index contributed by atoms with van der Waals surface area (Å²) in [6.45, 7) is 3.72. The zero-order chi connectivity index (χ0) is 11.1. The summed E-state index contributed by atoms with van der Waals surface area (Å²) in [5, 5.41) is 12.5. The molecule has 3 heteroatoms. The number of hydrogen-bond acceptors (Lipinski definition) is 3. The van der Waals surface area contributed by atoms with Crippen LogP contribution in [0.3, 0.4) is 0 Å². The zero-order valence-corrected chi connectivity index (χ0v) is 9.24. The van der Waals surface area contributed by atoms with E-state index in [9.17, 15) is 0 Å². The first-order valence-corrected chi connectivity index (χ1v) is 5.43. The van der Waals surface area contributed by atoms with Gasteiger partial charge in [-0.2, -0.15) is 0 Å². The van der Waals surface area contributed by atoms with Gasteiger partial charge in [0, 0.05) is 19.1 Å². The van der Waals surface area contributed by atoms with Crippen molar-refractivity contribution in [3.8, 4) is 5.75 Å². The SMILES string of the molecule is CC(CCc1ccc(O)cc1)NCCN. The summed E-state index contributed by atoms with van der Waals surface area (Å²) in [5.74, 6) is 0.327. The van der Waals surface area contributed by atoms with Gasteiger partial charge in [0.15, 0.2) is 0 Å². The summed E-state index contributed by atoms with van der Waals surface area (Å²) < 4.78 is 0. The second-order valence-corrected chi connectivity index (χ2v) is 3.85. The minimum atomic E-state index is 0.327. The topological polar surface area (TPSA) is 58.3 Å². The molecule has 0 fully saturated rings. The number of phenolic OH excluding ortho intramolecular Hbond substituents is 1. The molecule has 0 aliphatic rings. The Morgan fingerprint density at radius 2 is 2.00 bits per heavy atom. The number of hydrogen-bond donors (Lipinski definition) is 3. The van der Waals surface area contributed by atoms with Gasteiger partial charge in [-0.05, 0) is 37.5 Å². The van der Waals surface area contributed by atoms with Gasteiger partial charge in [0.25, 0.3) is 0 Å². The van der Waals surface area contributed by atoms with Gasteiger partial charge < -0.3 is 16.2 Å². The molecule has 84 valence electrons. The molecule has 15 heavy (non-hydrogen) atoms. The lowest BCUT2D eigenvalue weighted by atomic mass is 10.1. The summed E-state index contributed by atoms with van der Waals surface area (Å²) in [6, 6.07) is 7.87. The normalized spacial score (nSPS) is 12.7. The molecule has 0 saturated heterocycles. The van der Waals surface area contributed by atoms with E-state index in [0.29, 0.717) is 18.3 Å². The lowest BCUT2D eigenvalue weighted by molar-refractivity contribution is 0.474. The number of phenols is 1. The lowest BCUT2D eigenvalue weighted by Gasteiger charge is -2.12. The molecule has 1 rings (SSSR count). The van der Waals surface area contributed by atoms with Gasteiger partial charge in [0.05, 0.1) is 0 Å². The van der Waals surface area contributed by atoms with E-state index in [1.54, 1.807) is 12.1 Å². The number of aryl methyl sites for hydroxylation is 1. The number of benzene rings is 1. The van der Waals surface area contributed by atoms with E-state index < -0.39 is 0 Å². The van der Waals surface area contributed by atoms with E-state index in [1.165, 1.54) is 5.56 Å². The molecule has 0 aliphatic carbocycles. The summed E-state index contributed by atoms with van der Waals surface area (Å²) in [5.41, 5.74) is 6.67. The smallest absolute Gasteiger partial charge is 0.115 e. The average Bonchev–Trinajstić information content (AvgIpc) is 2.25. The van der Waals surface area contributed by atoms with Crippen molar-refractivity contribution in [2.24, 2.45) is 5.73 Å². The molecule has 0 bridgehead atoms. The first-order valence-electron chi connectivity index (χ1n) is 5.43. The molecule has 0 heterocycles. The maximum absolute atomic E-state index is 9.12. The quantitative estimate of drug-likeness (QED) is 0.659. The Hall–Kier alpha value is -1.06. The van der Waals surface area contributed by atoms with Crippen LogP contribution in [0, 0.1) is 0 Å². The minimum Gasteiger partial charge on any atom is -0.508 e. The molecule has 0 saturated carbocycles. The molecule has 0 amide bonds. The molecule has 0 spiro atoms. The Morgan fingerprint density at radius 1 is 1.33 bits per heavy atom. The molecule has 1 aromatic rings. The molecule has 4 N–H and O–H groups in total. The van der Waals surface area contributed by atoms with E-state index in [-0.39, 0.29) is 0 Å². The van der Waals surface area contributed by atoms with Crippen molar-refractivity contribution in [1.82, 2.24) is 5.32 Å². The van der Waals surface area contributed by atoms with Crippen LogP contribution in [-0.2, 0) is 6.42 Å². The molecule has 1 unspecified atom stereocenters. The molecular weight excluding hydrogens is 188 g/mol. The van der Waals surface area contributed by atoms with Crippen molar-refractivity contribution in [1.29, 1.82) is 0 Å². The summed E-state index contributed by atoms with van der Waals surface area (Å²) in [6.07, 6.45) is 2.11. The molecule has 1 atom stereocenters. The third-order valence-corrected chi connectivity index (χ3v) is 2.44. The van der Waals surface area contributed by atoms with Gasteiger partial charge in [-0.15, -0.1) is 0 Å². The predicted octanol–water partition coefficient (Wildman–Crippen LogP) is 1.26. The number of nitrogens with one attached hydrogen (secondary N) is 1. The van der Waals surface area contributed by atoms with E-state index in [2.05, 4.69) is 12.2 Å². The Bertz CT molecular complexity index is 271. The van der Waals surface area contributed by atoms with Crippen molar-refractivity contribution in [3.63, 3.8) is 0 Å². The summed E-state index contributed by atoms with van der Waals surface area (Å²) >= 11 is 0. The first-order chi connectivity index (χ1) is 7.22. The van der Waals surface area contributed by atoms with Crippen molar-refractivity contribution >= 4 is 0 Å². The Labute approximate surface area is 91.3 Å². The number of aromatic hydroxyl groups is 1. The van der Waals surface area contributed by atoms with Crippen LogP contribution in [0.25, 0.3) is 0 Å². The molecule has 1 aromatic carbocycles. The van der Waals surface area contributed by atoms with E-state index in [4.69, 9.17) is 10.8 Å². The van der Waals surface area contributed by atoms with Crippen LogP contribution in [0.15, 0.2) is 24.3 Å². The minimum absolute atomic E-state index is 0.327. The van der Waals surface area contributed by atoms with Gasteiger partial charge >= 0.3 is 0 Å². The number of nitrogens with two attached hydrogens (primary N) is 1. The molecule has 0 aromatic heterocycles. The Kier molecular flexibility index (Phi) is 5.15. The summed E-state index contributed by atoms with van der Waals surface area (Å²) in [7, 11) is 0. The van der Waals surface area contributed by atoms with Crippen molar-refractivity contribution in [2.45, 2.75) is 25.8 Å². The average molecular weight is 208 g/mol. The summed E-state index contributed by atoms with van der Waals surface area (Å²) in [4.78, 5) is 0. The fourth-order valence-electron chi connectivity index (χ4n) is 1.48. The van der Waals surface area contributed by atoms with Crippen molar-refractivity contribution in [3.05, 3.63) is 29.8 Å². The highest BCUT2D eigenvalue weighted by Gasteiger charge is 2.01. The Balaban J connectivity index is 2.27. The molecule has 3 nitrogen and oxygen atoms in total. The molecular formula is C12H20N2O. The fourth-order valence-corrected chi connectivity index (χ4v) is 1.48. The van der Waals surface area contributed by atoms with Crippen LogP contribution in [0.4, 0.5) is 0 Å². The maximum Gasteiger partial charge on any atom is 0.115 e. The van der Waals surface area contributed by atoms with Gasteiger partial charge in [-0.25, -0.2) is 0 Å². The standard InChI is InChI=1S/C12H20N2O/c1-10(14-9-8-13)2-3-11-4-6-12(15)7-5-11/h4-7,10,14-15H,2-3,8-9,13H2,1H3. The van der Waals surface area contributed by atoms with E-state index in [0.717, 1.165) is 19.4 Å². The zero-order valence-electron chi connectivity index (χ0n) is 9.24. The second-order valence-electron chi connectivity index (χ2n) is 3.85. The lowest BCUT2D eigenvalue weighted by Crippen LogP contribution is -2.31. The van der Waals surface area contributed by atoms with Gasteiger partial charge in [0.1, 0.15) is 5.75 Å². The van der Waals surface area contributed by atoms with Crippen LogP contribution in [0.2, 0.25) is 0 Å². The van der Waals surface area contributed by atoms with Crippen LogP contribution >= 0.6 is 0 Å².